The Morgan fingerprint density at radius 3 is 2.29 bits per heavy atom. The molecule has 0 saturated carbocycles. The number of hydrogen-bond donors (Lipinski definition) is 0. The van der Waals surface area contributed by atoms with E-state index in [2.05, 4.69) is 0 Å². The summed E-state index contributed by atoms with van der Waals surface area (Å²) >= 11 is 0. The Morgan fingerprint density at radius 2 is 1.65 bits per heavy atom. The highest BCUT2D eigenvalue weighted by molar-refractivity contribution is 5.76. The van der Waals surface area contributed by atoms with Gasteiger partial charge in [0, 0.05) is 5.56 Å². The molecule has 0 spiro atoms. The van der Waals surface area contributed by atoms with Gasteiger partial charge in [0.25, 0.3) is 0 Å². The van der Waals surface area contributed by atoms with Gasteiger partial charge >= 0.3 is 0 Å². The first-order chi connectivity index (χ1) is 8.08. The van der Waals surface area contributed by atoms with Crippen molar-refractivity contribution in [3.63, 3.8) is 0 Å². The summed E-state index contributed by atoms with van der Waals surface area (Å²) in [5, 5.41) is 0. The smallest absolute Gasteiger partial charge is 0.129 e. The third kappa shape index (κ3) is 2.52. The van der Waals surface area contributed by atoms with Gasteiger partial charge in [0.15, 0.2) is 0 Å². The molecule has 0 fully saturated rings. The predicted octanol–water partition coefficient (Wildman–Crippen LogP) is 4.56. The SMILES string of the molecule is CC1=CC=C(c2cc(F)c(C)c(F)c2)C=CC1. The van der Waals surface area contributed by atoms with Crippen LogP contribution in [-0.4, -0.2) is 0 Å². The molecule has 0 nitrogen and oxygen atoms in total. The maximum absolute atomic E-state index is 13.5. The molecular formula is C15H14F2. The molecule has 88 valence electrons. The molecule has 1 aliphatic rings. The molecule has 2 heteroatoms. The minimum absolute atomic E-state index is 0.0682. The average Bonchev–Trinajstić information content (AvgIpc) is 2.50. The van der Waals surface area contributed by atoms with Crippen LogP contribution in [0.15, 0.2) is 42.0 Å². The van der Waals surface area contributed by atoms with Crippen molar-refractivity contribution >= 4 is 5.57 Å². The van der Waals surface area contributed by atoms with Crippen molar-refractivity contribution in [1.29, 1.82) is 0 Å². The fourth-order valence-electron chi connectivity index (χ4n) is 1.73. The second-order valence-electron chi connectivity index (χ2n) is 4.31. The third-order valence-corrected chi connectivity index (χ3v) is 2.90. The lowest BCUT2D eigenvalue weighted by molar-refractivity contribution is 0.567. The number of benzene rings is 1. The van der Waals surface area contributed by atoms with Gasteiger partial charge in [-0.25, -0.2) is 8.78 Å². The van der Waals surface area contributed by atoms with Gasteiger partial charge in [0.05, 0.1) is 0 Å². The monoisotopic (exact) mass is 232 g/mol. The van der Waals surface area contributed by atoms with Gasteiger partial charge in [-0.15, -0.1) is 0 Å². The maximum atomic E-state index is 13.5. The molecule has 0 heterocycles. The van der Waals surface area contributed by atoms with Crippen molar-refractivity contribution in [2.75, 3.05) is 0 Å². The summed E-state index contributed by atoms with van der Waals surface area (Å²) in [7, 11) is 0. The Hall–Kier alpha value is -1.70. The van der Waals surface area contributed by atoms with E-state index >= 15 is 0 Å². The first-order valence-corrected chi connectivity index (χ1v) is 5.58. The molecule has 0 amide bonds. The normalized spacial score (nSPS) is 15.3. The summed E-state index contributed by atoms with van der Waals surface area (Å²) in [5.74, 6) is -1.00. The Kier molecular flexibility index (Phi) is 3.23. The second kappa shape index (κ2) is 4.66. The van der Waals surface area contributed by atoms with E-state index in [1.165, 1.54) is 24.6 Å². The Labute approximate surface area is 100.0 Å². The number of hydrogen-bond acceptors (Lipinski definition) is 0. The molecule has 17 heavy (non-hydrogen) atoms. The molecule has 0 aliphatic heterocycles. The zero-order valence-corrected chi connectivity index (χ0v) is 9.93. The van der Waals surface area contributed by atoms with E-state index in [1.54, 1.807) is 0 Å². The molecule has 0 atom stereocenters. The Balaban J connectivity index is 2.48. The van der Waals surface area contributed by atoms with Gasteiger partial charge in [-0.05, 0) is 43.5 Å². The van der Waals surface area contributed by atoms with E-state index < -0.39 is 11.6 Å². The van der Waals surface area contributed by atoms with Gasteiger partial charge in [0.2, 0.25) is 0 Å². The molecule has 1 aromatic rings. The van der Waals surface area contributed by atoms with E-state index in [1.807, 2.05) is 31.2 Å². The van der Waals surface area contributed by atoms with E-state index in [0.29, 0.717) is 5.56 Å². The summed E-state index contributed by atoms with van der Waals surface area (Å²) < 4.78 is 26.9. The van der Waals surface area contributed by atoms with Crippen molar-refractivity contribution < 1.29 is 8.78 Å². The van der Waals surface area contributed by atoms with Crippen LogP contribution in [0.25, 0.3) is 5.57 Å². The molecule has 2 rings (SSSR count). The van der Waals surface area contributed by atoms with E-state index in [4.69, 9.17) is 0 Å². The van der Waals surface area contributed by atoms with Crippen LogP contribution in [0.2, 0.25) is 0 Å². The lowest BCUT2D eigenvalue weighted by atomic mass is 10.0. The highest BCUT2D eigenvalue weighted by Crippen LogP contribution is 2.24. The summed E-state index contributed by atoms with van der Waals surface area (Å²) in [6.07, 6.45) is 8.64. The summed E-state index contributed by atoms with van der Waals surface area (Å²) in [4.78, 5) is 0. The van der Waals surface area contributed by atoms with Crippen molar-refractivity contribution in [2.24, 2.45) is 0 Å². The molecule has 0 aromatic heterocycles. The fourth-order valence-corrected chi connectivity index (χ4v) is 1.73. The van der Waals surface area contributed by atoms with Gasteiger partial charge in [-0.3, -0.25) is 0 Å². The van der Waals surface area contributed by atoms with E-state index in [0.717, 1.165) is 12.0 Å². The maximum Gasteiger partial charge on any atom is 0.129 e. The zero-order chi connectivity index (χ0) is 12.4. The second-order valence-corrected chi connectivity index (χ2v) is 4.31. The van der Waals surface area contributed by atoms with Crippen LogP contribution >= 0.6 is 0 Å². The first kappa shape index (κ1) is 11.8. The molecule has 0 N–H and O–H groups in total. The van der Waals surface area contributed by atoms with Crippen molar-refractivity contribution in [2.45, 2.75) is 20.3 Å². The Bertz CT molecular complexity index is 511. The van der Waals surface area contributed by atoms with Gasteiger partial charge < -0.3 is 0 Å². The van der Waals surface area contributed by atoms with Crippen LogP contribution in [0.1, 0.15) is 24.5 Å². The predicted molar refractivity (Wildman–Crippen MR) is 66.6 cm³/mol. The van der Waals surface area contributed by atoms with Gasteiger partial charge in [-0.1, -0.05) is 29.9 Å². The van der Waals surface area contributed by atoms with Crippen LogP contribution in [0.3, 0.4) is 0 Å². The standard InChI is InChI=1S/C15H14F2/c1-10-4-3-5-12(7-6-10)13-8-14(16)11(2)15(17)9-13/h3,5-9H,4H2,1-2H3. The average molecular weight is 232 g/mol. The summed E-state index contributed by atoms with van der Waals surface area (Å²) in [5.41, 5.74) is 2.70. The summed E-state index contributed by atoms with van der Waals surface area (Å²) in [6, 6.07) is 2.76. The van der Waals surface area contributed by atoms with Crippen molar-refractivity contribution in [3.8, 4) is 0 Å². The van der Waals surface area contributed by atoms with Crippen LogP contribution in [0.5, 0.6) is 0 Å². The quantitative estimate of drug-likeness (QED) is 0.665. The van der Waals surface area contributed by atoms with E-state index in [-0.39, 0.29) is 5.56 Å². The lowest BCUT2D eigenvalue weighted by Crippen LogP contribution is -1.92. The van der Waals surface area contributed by atoms with Gasteiger partial charge in [0.1, 0.15) is 11.6 Å². The fraction of sp³-hybridized carbons (Fsp3) is 0.200. The third-order valence-electron chi connectivity index (χ3n) is 2.90. The first-order valence-electron chi connectivity index (χ1n) is 5.58. The van der Waals surface area contributed by atoms with Crippen molar-refractivity contribution in [1.82, 2.24) is 0 Å². The van der Waals surface area contributed by atoms with Gasteiger partial charge in [-0.2, -0.15) is 0 Å². The topological polar surface area (TPSA) is 0 Å². The van der Waals surface area contributed by atoms with E-state index in [9.17, 15) is 8.78 Å². The number of allylic oxidation sites excluding steroid dienone is 6. The molecule has 0 saturated heterocycles. The van der Waals surface area contributed by atoms with Crippen LogP contribution in [0.4, 0.5) is 8.78 Å². The Morgan fingerprint density at radius 1 is 1.00 bits per heavy atom. The number of halogens is 2. The highest BCUT2D eigenvalue weighted by Gasteiger charge is 2.09. The molecule has 0 bridgehead atoms. The zero-order valence-electron chi connectivity index (χ0n) is 9.93. The minimum atomic E-state index is -0.501. The van der Waals surface area contributed by atoms with Crippen LogP contribution in [0, 0.1) is 18.6 Å². The molecule has 1 aromatic carbocycles. The molecular weight excluding hydrogens is 218 g/mol. The number of rotatable bonds is 1. The largest absolute Gasteiger partial charge is 0.207 e. The summed E-state index contributed by atoms with van der Waals surface area (Å²) in [6.45, 7) is 3.47. The minimum Gasteiger partial charge on any atom is -0.207 e. The highest BCUT2D eigenvalue weighted by atomic mass is 19.1. The molecule has 0 unspecified atom stereocenters. The van der Waals surface area contributed by atoms with Crippen LogP contribution in [-0.2, 0) is 0 Å². The van der Waals surface area contributed by atoms with Crippen LogP contribution < -0.4 is 0 Å². The lowest BCUT2D eigenvalue weighted by Gasteiger charge is -2.05. The van der Waals surface area contributed by atoms with Crippen molar-refractivity contribution in [3.05, 3.63) is 64.8 Å². The molecule has 0 radical (unpaired) electrons. The molecule has 1 aliphatic carbocycles.